The lowest BCUT2D eigenvalue weighted by Gasteiger charge is -2.06. The highest BCUT2D eigenvalue weighted by Gasteiger charge is 1.99. The summed E-state index contributed by atoms with van der Waals surface area (Å²) >= 11 is 1.68. The molecule has 0 atom stereocenters. The monoisotopic (exact) mass is 242 g/mol. The van der Waals surface area contributed by atoms with E-state index in [1.807, 2.05) is 0 Å². The number of thiazole rings is 1. The summed E-state index contributed by atoms with van der Waals surface area (Å²) in [4.78, 5) is 4.44. The Labute approximate surface area is 102 Å². The second-order valence-corrected chi connectivity index (χ2v) is 5.10. The molecule has 4 heteroatoms. The average molecular weight is 242 g/mol. The molecule has 3 nitrogen and oxygen atoms in total. The highest BCUT2D eigenvalue weighted by Crippen LogP contribution is 2.15. The van der Waals surface area contributed by atoms with E-state index in [1.165, 1.54) is 5.69 Å². The van der Waals surface area contributed by atoms with E-state index in [2.05, 4.69) is 36.5 Å². The minimum atomic E-state index is 0.624. The molecule has 0 saturated heterocycles. The van der Waals surface area contributed by atoms with Crippen LogP contribution < -0.4 is 5.32 Å². The van der Waals surface area contributed by atoms with Gasteiger partial charge in [-0.3, -0.25) is 0 Å². The molecule has 92 valence electrons. The van der Waals surface area contributed by atoms with Crippen LogP contribution in [-0.4, -0.2) is 24.7 Å². The number of hydrogen-bond acceptors (Lipinski definition) is 4. The topological polar surface area (TPSA) is 34.1 Å². The molecule has 1 heterocycles. The van der Waals surface area contributed by atoms with Gasteiger partial charge in [-0.1, -0.05) is 20.8 Å². The smallest absolute Gasteiger partial charge is 0.182 e. The predicted molar refractivity (Wildman–Crippen MR) is 70.3 cm³/mol. The van der Waals surface area contributed by atoms with Crippen LogP contribution in [-0.2, 0) is 11.2 Å². The van der Waals surface area contributed by atoms with Crippen molar-refractivity contribution in [1.29, 1.82) is 0 Å². The molecule has 0 unspecified atom stereocenters. The van der Waals surface area contributed by atoms with Crippen molar-refractivity contribution in [3.8, 4) is 0 Å². The lowest BCUT2D eigenvalue weighted by Crippen LogP contribution is -2.08. The molecule has 0 saturated carbocycles. The van der Waals surface area contributed by atoms with Gasteiger partial charge in [-0.25, -0.2) is 4.98 Å². The quantitative estimate of drug-likeness (QED) is 0.711. The number of aromatic nitrogens is 1. The molecule has 0 fully saturated rings. The van der Waals surface area contributed by atoms with Gasteiger partial charge in [0.1, 0.15) is 0 Å². The predicted octanol–water partition coefficient (Wildman–Crippen LogP) is 3.18. The molecule has 16 heavy (non-hydrogen) atoms. The number of aryl methyl sites for hydroxylation is 1. The van der Waals surface area contributed by atoms with Crippen molar-refractivity contribution in [2.24, 2.45) is 5.92 Å². The van der Waals surface area contributed by atoms with Crippen LogP contribution in [0.4, 0.5) is 5.13 Å². The van der Waals surface area contributed by atoms with Crippen molar-refractivity contribution in [2.45, 2.75) is 33.6 Å². The molecule has 1 rings (SSSR count). The number of nitrogens with zero attached hydrogens (tertiary/aromatic N) is 1. The highest BCUT2D eigenvalue weighted by atomic mass is 32.1. The summed E-state index contributed by atoms with van der Waals surface area (Å²) in [5.41, 5.74) is 1.17. The largest absolute Gasteiger partial charge is 0.381 e. The van der Waals surface area contributed by atoms with E-state index in [9.17, 15) is 0 Å². The van der Waals surface area contributed by atoms with Gasteiger partial charge < -0.3 is 10.1 Å². The Hall–Kier alpha value is -0.610. The molecule has 0 aliphatic heterocycles. The van der Waals surface area contributed by atoms with Crippen molar-refractivity contribution in [3.63, 3.8) is 0 Å². The maximum Gasteiger partial charge on any atom is 0.182 e. The summed E-state index contributed by atoms with van der Waals surface area (Å²) < 4.78 is 5.50. The molecule has 0 aliphatic rings. The van der Waals surface area contributed by atoms with E-state index in [0.717, 1.165) is 37.7 Å². The van der Waals surface area contributed by atoms with Crippen molar-refractivity contribution in [3.05, 3.63) is 11.1 Å². The average Bonchev–Trinajstić information content (AvgIpc) is 2.70. The molecular formula is C12H22N2OS. The van der Waals surface area contributed by atoms with Gasteiger partial charge in [0.05, 0.1) is 5.69 Å². The summed E-state index contributed by atoms with van der Waals surface area (Å²) in [6, 6.07) is 0. The first-order valence-corrected chi connectivity index (χ1v) is 6.86. The fourth-order valence-corrected chi connectivity index (χ4v) is 2.06. The number of nitrogens with one attached hydrogen (secondary N) is 1. The first-order chi connectivity index (χ1) is 7.72. The van der Waals surface area contributed by atoms with Gasteiger partial charge in [-0.05, 0) is 18.8 Å². The Morgan fingerprint density at radius 2 is 2.31 bits per heavy atom. The maximum atomic E-state index is 5.50. The standard InChI is InChI=1S/C12H22N2OS/c1-4-11-9-16-12(14-11)13-6-5-7-15-8-10(2)3/h9-10H,4-8H2,1-3H3,(H,13,14). The molecule has 1 N–H and O–H groups in total. The first-order valence-electron chi connectivity index (χ1n) is 5.98. The van der Waals surface area contributed by atoms with E-state index in [-0.39, 0.29) is 0 Å². The van der Waals surface area contributed by atoms with Crippen LogP contribution in [0.15, 0.2) is 5.38 Å². The van der Waals surface area contributed by atoms with Crippen LogP contribution >= 0.6 is 11.3 Å². The molecule has 0 aromatic carbocycles. The summed E-state index contributed by atoms with van der Waals surface area (Å²) in [5.74, 6) is 0.624. The third-order valence-corrected chi connectivity index (χ3v) is 2.96. The van der Waals surface area contributed by atoms with E-state index < -0.39 is 0 Å². The van der Waals surface area contributed by atoms with Crippen LogP contribution in [0, 0.1) is 5.92 Å². The van der Waals surface area contributed by atoms with Gasteiger partial charge in [-0.2, -0.15) is 0 Å². The number of ether oxygens (including phenoxy) is 1. The Bertz CT molecular complexity index is 286. The lowest BCUT2D eigenvalue weighted by molar-refractivity contribution is 0.110. The fraction of sp³-hybridized carbons (Fsp3) is 0.750. The number of hydrogen-bond donors (Lipinski definition) is 1. The van der Waals surface area contributed by atoms with Gasteiger partial charge in [0.25, 0.3) is 0 Å². The molecule has 1 aromatic rings. The molecule has 0 radical (unpaired) electrons. The van der Waals surface area contributed by atoms with Gasteiger partial charge in [-0.15, -0.1) is 11.3 Å². The maximum absolute atomic E-state index is 5.50. The van der Waals surface area contributed by atoms with Crippen molar-refractivity contribution in [2.75, 3.05) is 25.1 Å². The third kappa shape index (κ3) is 5.47. The van der Waals surface area contributed by atoms with Crippen LogP contribution in [0.3, 0.4) is 0 Å². The van der Waals surface area contributed by atoms with Crippen molar-refractivity contribution >= 4 is 16.5 Å². The van der Waals surface area contributed by atoms with E-state index >= 15 is 0 Å². The zero-order valence-corrected chi connectivity index (χ0v) is 11.3. The molecule has 1 aromatic heterocycles. The Morgan fingerprint density at radius 1 is 1.50 bits per heavy atom. The molecule has 0 spiro atoms. The van der Waals surface area contributed by atoms with E-state index in [4.69, 9.17) is 4.74 Å². The van der Waals surface area contributed by atoms with Gasteiger partial charge in [0, 0.05) is 25.1 Å². The van der Waals surface area contributed by atoms with Crippen molar-refractivity contribution in [1.82, 2.24) is 4.98 Å². The minimum absolute atomic E-state index is 0.624. The first kappa shape index (κ1) is 13.5. The SMILES string of the molecule is CCc1csc(NCCCOCC(C)C)n1. The fourth-order valence-electron chi connectivity index (χ4n) is 1.24. The van der Waals surface area contributed by atoms with Crippen LogP contribution in [0.1, 0.15) is 32.9 Å². The zero-order chi connectivity index (χ0) is 11.8. The van der Waals surface area contributed by atoms with Crippen LogP contribution in [0.25, 0.3) is 0 Å². The van der Waals surface area contributed by atoms with Crippen LogP contribution in [0.5, 0.6) is 0 Å². The minimum Gasteiger partial charge on any atom is -0.381 e. The summed E-state index contributed by atoms with van der Waals surface area (Å²) in [5, 5.41) is 6.45. The van der Waals surface area contributed by atoms with Gasteiger partial charge in [0.2, 0.25) is 0 Å². The van der Waals surface area contributed by atoms with Crippen molar-refractivity contribution < 1.29 is 4.74 Å². The second-order valence-electron chi connectivity index (χ2n) is 4.25. The molecule has 0 aliphatic carbocycles. The summed E-state index contributed by atoms with van der Waals surface area (Å²) in [6.45, 7) is 9.09. The van der Waals surface area contributed by atoms with E-state index in [1.54, 1.807) is 11.3 Å². The van der Waals surface area contributed by atoms with Gasteiger partial charge in [0.15, 0.2) is 5.13 Å². The molecular weight excluding hydrogens is 220 g/mol. The number of anilines is 1. The third-order valence-electron chi connectivity index (χ3n) is 2.11. The summed E-state index contributed by atoms with van der Waals surface area (Å²) in [6.07, 6.45) is 2.05. The zero-order valence-electron chi connectivity index (χ0n) is 10.5. The van der Waals surface area contributed by atoms with Gasteiger partial charge >= 0.3 is 0 Å². The second kappa shape index (κ2) is 7.63. The van der Waals surface area contributed by atoms with E-state index in [0.29, 0.717) is 5.92 Å². The Balaban J connectivity index is 2.02. The molecule has 0 amide bonds. The Kier molecular flexibility index (Phi) is 6.42. The lowest BCUT2D eigenvalue weighted by atomic mass is 10.2. The molecule has 0 bridgehead atoms. The highest BCUT2D eigenvalue weighted by molar-refractivity contribution is 7.13. The van der Waals surface area contributed by atoms with Crippen LogP contribution in [0.2, 0.25) is 0 Å². The Morgan fingerprint density at radius 3 is 2.94 bits per heavy atom. The normalized spacial score (nSPS) is 11.0. The summed E-state index contributed by atoms with van der Waals surface area (Å²) in [7, 11) is 0. The number of rotatable bonds is 8.